The van der Waals surface area contributed by atoms with Crippen LogP contribution in [0.15, 0.2) is 46.9 Å². The number of halogens is 1. The number of ether oxygens (including phenoxy) is 1. The SMILES string of the molecule is CCC(C)c1ccc(OCC(=O)Nc2ccc(C(=O)O)cc2)c(Br)c1. The number of rotatable bonds is 7. The Bertz CT molecular complexity index is 759. The number of carboxylic acid groups (broad SMARTS) is 1. The number of hydrogen-bond acceptors (Lipinski definition) is 3. The molecule has 132 valence electrons. The highest BCUT2D eigenvalue weighted by molar-refractivity contribution is 9.10. The van der Waals surface area contributed by atoms with Crippen LogP contribution in [0, 0.1) is 0 Å². The molecule has 0 bridgehead atoms. The largest absolute Gasteiger partial charge is 0.483 e. The molecule has 0 heterocycles. The van der Waals surface area contributed by atoms with E-state index < -0.39 is 5.97 Å². The van der Waals surface area contributed by atoms with Crippen LogP contribution in [0.25, 0.3) is 0 Å². The van der Waals surface area contributed by atoms with Gasteiger partial charge in [-0.05, 0) is 70.2 Å². The van der Waals surface area contributed by atoms with Crippen LogP contribution in [0.5, 0.6) is 5.75 Å². The molecule has 1 unspecified atom stereocenters. The second-order valence-corrected chi connectivity index (χ2v) is 6.57. The molecule has 0 spiro atoms. The maximum absolute atomic E-state index is 12.0. The fourth-order valence-corrected chi connectivity index (χ4v) is 2.72. The molecule has 0 saturated carbocycles. The van der Waals surface area contributed by atoms with Gasteiger partial charge in [0.05, 0.1) is 10.0 Å². The van der Waals surface area contributed by atoms with Crippen molar-refractivity contribution in [2.75, 3.05) is 11.9 Å². The first kappa shape index (κ1) is 19.0. The lowest BCUT2D eigenvalue weighted by atomic mass is 9.99. The summed E-state index contributed by atoms with van der Waals surface area (Å²) >= 11 is 3.47. The third-order valence-corrected chi connectivity index (χ3v) is 4.53. The minimum atomic E-state index is -1.01. The monoisotopic (exact) mass is 405 g/mol. The molecule has 0 radical (unpaired) electrons. The molecule has 0 aliphatic heterocycles. The van der Waals surface area contributed by atoms with Crippen molar-refractivity contribution < 1.29 is 19.4 Å². The zero-order chi connectivity index (χ0) is 18.4. The Morgan fingerprint density at radius 1 is 1.20 bits per heavy atom. The minimum absolute atomic E-state index is 0.137. The summed E-state index contributed by atoms with van der Waals surface area (Å²) < 4.78 is 6.36. The number of aromatic carboxylic acids is 1. The molecule has 5 nitrogen and oxygen atoms in total. The van der Waals surface area contributed by atoms with E-state index in [1.165, 1.54) is 29.8 Å². The second-order valence-electron chi connectivity index (χ2n) is 5.72. The van der Waals surface area contributed by atoms with Crippen LogP contribution in [0.4, 0.5) is 5.69 Å². The van der Waals surface area contributed by atoms with Crippen molar-refractivity contribution in [2.45, 2.75) is 26.2 Å². The van der Waals surface area contributed by atoms with Gasteiger partial charge >= 0.3 is 5.97 Å². The highest BCUT2D eigenvalue weighted by Gasteiger charge is 2.10. The lowest BCUT2D eigenvalue weighted by Gasteiger charge is -2.13. The Hall–Kier alpha value is -2.34. The molecular formula is C19H20BrNO4. The fraction of sp³-hybridized carbons (Fsp3) is 0.263. The van der Waals surface area contributed by atoms with E-state index in [0.29, 0.717) is 17.4 Å². The number of carboxylic acids is 1. The van der Waals surface area contributed by atoms with Crippen molar-refractivity contribution in [1.82, 2.24) is 0 Å². The summed E-state index contributed by atoms with van der Waals surface area (Å²) in [6, 6.07) is 11.8. The van der Waals surface area contributed by atoms with Gasteiger partial charge in [-0.2, -0.15) is 0 Å². The van der Waals surface area contributed by atoms with Crippen LogP contribution in [0.3, 0.4) is 0 Å². The number of benzene rings is 2. The smallest absolute Gasteiger partial charge is 0.335 e. The van der Waals surface area contributed by atoms with Gasteiger partial charge in [-0.3, -0.25) is 4.79 Å². The maximum atomic E-state index is 12.0. The molecule has 0 saturated heterocycles. The van der Waals surface area contributed by atoms with Crippen LogP contribution in [0.2, 0.25) is 0 Å². The van der Waals surface area contributed by atoms with Crippen LogP contribution < -0.4 is 10.1 Å². The summed E-state index contributed by atoms with van der Waals surface area (Å²) in [6.45, 7) is 4.16. The van der Waals surface area contributed by atoms with Crippen molar-refractivity contribution >= 4 is 33.5 Å². The highest BCUT2D eigenvalue weighted by Crippen LogP contribution is 2.30. The molecule has 6 heteroatoms. The number of anilines is 1. The first-order chi connectivity index (χ1) is 11.9. The lowest BCUT2D eigenvalue weighted by molar-refractivity contribution is -0.118. The molecule has 2 aromatic carbocycles. The summed E-state index contributed by atoms with van der Waals surface area (Å²) in [5, 5.41) is 11.5. The second kappa shape index (κ2) is 8.67. The van der Waals surface area contributed by atoms with Gasteiger partial charge in [0, 0.05) is 5.69 Å². The van der Waals surface area contributed by atoms with Gasteiger partial charge < -0.3 is 15.2 Å². The Morgan fingerprint density at radius 3 is 2.44 bits per heavy atom. The minimum Gasteiger partial charge on any atom is -0.483 e. The number of carbonyl (C=O) groups excluding carboxylic acids is 1. The summed E-state index contributed by atoms with van der Waals surface area (Å²) in [5.41, 5.74) is 1.90. The molecule has 1 atom stereocenters. The first-order valence-electron chi connectivity index (χ1n) is 7.96. The zero-order valence-electron chi connectivity index (χ0n) is 14.1. The summed E-state index contributed by atoms with van der Waals surface area (Å²) in [7, 11) is 0. The van der Waals surface area contributed by atoms with Gasteiger partial charge in [0.25, 0.3) is 5.91 Å². The molecule has 2 N–H and O–H groups in total. The predicted octanol–water partition coefficient (Wildman–Crippen LogP) is 4.68. The van der Waals surface area contributed by atoms with Gasteiger partial charge in [0.1, 0.15) is 5.75 Å². The van der Waals surface area contributed by atoms with Crippen molar-refractivity contribution in [3.05, 3.63) is 58.1 Å². The fourth-order valence-electron chi connectivity index (χ4n) is 2.21. The van der Waals surface area contributed by atoms with Crippen molar-refractivity contribution in [1.29, 1.82) is 0 Å². The molecule has 0 fully saturated rings. The summed E-state index contributed by atoms with van der Waals surface area (Å²) in [5.74, 6) is -0.265. The molecule has 0 aliphatic rings. The van der Waals surface area contributed by atoms with Crippen LogP contribution in [-0.2, 0) is 4.79 Å². The quantitative estimate of drug-likeness (QED) is 0.700. The van der Waals surface area contributed by atoms with Crippen molar-refractivity contribution in [3.63, 3.8) is 0 Å². The average Bonchev–Trinajstić information content (AvgIpc) is 2.60. The molecular weight excluding hydrogens is 386 g/mol. The molecule has 0 aliphatic carbocycles. The highest BCUT2D eigenvalue weighted by atomic mass is 79.9. The summed E-state index contributed by atoms with van der Waals surface area (Å²) in [4.78, 5) is 22.8. The van der Waals surface area contributed by atoms with E-state index in [9.17, 15) is 9.59 Å². The van der Waals surface area contributed by atoms with Gasteiger partial charge in [-0.15, -0.1) is 0 Å². The lowest BCUT2D eigenvalue weighted by Crippen LogP contribution is -2.20. The van der Waals surface area contributed by atoms with E-state index >= 15 is 0 Å². The van der Waals surface area contributed by atoms with E-state index in [1.54, 1.807) is 0 Å². The van der Waals surface area contributed by atoms with E-state index in [2.05, 4.69) is 35.1 Å². The third-order valence-electron chi connectivity index (χ3n) is 3.91. The van der Waals surface area contributed by atoms with Crippen LogP contribution in [-0.4, -0.2) is 23.6 Å². The Morgan fingerprint density at radius 2 is 1.88 bits per heavy atom. The zero-order valence-corrected chi connectivity index (χ0v) is 15.7. The van der Waals surface area contributed by atoms with Gasteiger partial charge in [-0.1, -0.05) is 19.9 Å². The van der Waals surface area contributed by atoms with Gasteiger partial charge in [0.15, 0.2) is 6.61 Å². The molecule has 1 amide bonds. The van der Waals surface area contributed by atoms with Crippen LogP contribution >= 0.6 is 15.9 Å². The van der Waals surface area contributed by atoms with Crippen molar-refractivity contribution in [2.24, 2.45) is 0 Å². The molecule has 0 aromatic heterocycles. The maximum Gasteiger partial charge on any atom is 0.335 e. The predicted molar refractivity (Wildman–Crippen MR) is 100 cm³/mol. The standard InChI is InChI=1S/C19H20BrNO4/c1-3-12(2)14-6-9-17(16(20)10-14)25-11-18(22)21-15-7-4-13(5-8-15)19(23)24/h4-10,12H,3,11H2,1-2H3,(H,21,22)(H,23,24). The van der Waals surface area contributed by atoms with Crippen LogP contribution in [0.1, 0.15) is 42.1 Å². The average molecular weight is 406 g/mol. The topological polar surface area (TPSA) is 75.6 Å². The van der Waals surface area contributed by atoms with E-state index in [1.807, 2.05) is 18.2 Å². The molecule has 2 rings (SSSR count). The summed E-state index contributed by atoms with van der Waals surface area (Å²) in [6.07, 6.45) is 1.05. The Kier molecular flexibility index (Phi) is 6.58. The molecule has 25 heavy (non-hydrogen) atoms. The normalized spacial score (nSPS) is 11.6. The van der Waals surface area contributed by atoms with E-state index in [0.717, 1.165) is 10.9 Å². The van der Waals surface area contributed by atoms with Gasteiger partial charge in [0.2, 0.25) is 0 Å². The Balaban J connectivity index is 1.92. The third kappa shape index (κ3) is 5.32. The number of carbonyl (C=O) groups is 2. The number of hydrogen-bond donors (Lipinski definition) is 2. The number of amides is 1. The van der Waals surface area contributed by atoms with E-state index in [4.69, 9.17) is 9.84 Å². The number of nitrogens with one attached hydrogen (secondary N) is 1. The Labute approximate surface area is 155 Å². The van der Waals surface area contributed by atoms with Crippen molar-refractivity contribution in [3.8, 4) is 5.75 Å². The van der Waals surface area contributed by atoms with E-state index in [-0.39, 0.29) is 18.1 Å². The first-order valence-corrected chi connectivity index (χ1v) is 8.75. The molecule has 2 aromatic rings. The van der Waals surface area contributed by atoms with Gasteiger partial charge in [-0.25, -0.2) is 4.79 Å².